The zero-order valence-corrected chi connectivity index (χ0v) is 39.4. The molecule has 5 amide bonds. The molecule has 0 unspecified atom stereocenters. The third kappa shape index (κ3) is 14.0. The summed E-state index contributed by atoms with van der Waals surface area (Å²) < 4.78 is 11.9. The summed E-state index contributed by atoms with van der Waals surface area (Å²) in [7, 11) is 8.05. The smallest absolute Gasteiger partial charge is 0.326 e. The predicted molar refractivity (Wildman–Crippen MR) is 236 cm³/mol. The maximum absolute atomic E-state index is 14.5. The maximum Gasteiger partial charge on any atom is 0.326 e. The number of likely N-dealkylation sites (N-methyl/N-ethyl adjacent to an activating group) is 3. The highest BCUT2D eigenvalue weighted by molar-refractivity contribution is 5.93. The van der Waals surface area contributed by atoms with Crippen LogP contribution >= 0.6 is 0 Å². The second-order valence-electron chi connectivity index (χ2n) is 17.7. The lowest BCUT2D eigenvalue weighted by Crippen LogP contribution is -2.61. The minimum absolute atomic E-state index is 0.0457. The molecule has 0 spiro atoms. The summed E-state index contributed by atoms with van der Waals surface area (Å²) in [5.74, 6) is -4.20. The van der Waals surface area contributed by atoms with Crippen molar-refractivity contribution in [2.75, 3.05) is 41.9 Å². The molecule has 0 saturated carbocycles. The van der Waals surface area contributed by atoms with Crippen molar-refractivity contribution in [2.45, 2.75) is 149 Å². The largest absolute Gasteiger partial charge is 0.480 e. The molecule has 15 nitrogen and oxygen atoms in total. The molecule has 4 N–H and O–H groups in total. The van der Waals surface area contributed by atoms with Crippen LogP contribution in [0.1, 0.15) is 100.0 Å². The monoisotopic (exact) mass is 859 g/mol. The van der Waals surface area contributed by atoms with Gasteiger partial charge in [0.1, 0.15) is 18.1 Å². The number of carbonyl (C=O) groups excluding carboxylic acids is 5. The van der Waals surface area contributed by atoms with Crippen LogP contribution in [0.5, 0.6) is 0 Å². The van der Waals surface area contributed by atoms with Gasteiger partial charge in [-0.25, -0.2) is 4.79 Å². The van der Waals surface area contributed by atoms with E-state index in [1.165, 1.54) is 19.1 Å². The number of benzene rings is 1. The Kier molecular flexibility index (Phi) is 21.9. The molecule has 11 atom stereocenters. The first kappa shape index (κ1) is 53.1. The van der Waals surface area contributed by atoms with Crippen LogP contribution in [0.3, 0.4) is 0 Å². The number of carboxylic acids is 1. The van der Waals surface area contributed by atoms with Gasteiger partial charge in [-0.2, -0.15) is 0 Å². The van der Waals surface area contributed by atoms with Gasteiger partial charge in [0.2, 0.25) is 29.5 Å². The van der Waals surface area contributed by atoms with Crippen molar-refractivity contribution >= 4 is 35.5 Å². The van der Waals surface area contributed by atoms with Crippen LogP contribution in [-0.4, -0.2) is 146 Å². The van der Waals surface area contributed by atoms with Crippen LogP contribution < -0.4 is 16.0 Å². The van der Waals surface area contributed by atoms with Crippen molar-refractivity contribution in [1.29, 1.82) is 0 Å². The molecule has 61 heavy (non-hydrogen) atoms. The van der Waals surface area contributed by atoms with Gasteiger partial charge in [0.05, 0.1) is 42.7 Å². The van der Waals surface area contributed by atoms with Crippen LogP contribution in [0, 0.1) is 29.6 Å². The number of nitrogens with zero attached hydrogens (tertiary/aromatic N) is 3. The van der Waals surface area contributed by atoms with Crippen LogP contribution in [-0.2, 0) is 44.7 Å². The maximum atomic E-state index is 14.5. The number of nitrogens with one attached hydrogen (secondary N) is 3. The van der Waals surface area contributed by atoms with E-state index in [0.717, 1.165) is 12.0 Å². The van der Waals surface area contributed by atoms with Crippen molar-refractivity contribution in [1.82, 2.24) is 30.7 Å². The predicted octanol–water partition coefficient (Wildman–Crippen LogP) is 3.98. The Morgan fingerprint density at radius 2 is 1.39 bits per heavy atom. The molecule has 0 bridgehead atoms. The molecular weight excluding hydrogens is 781 g/mol. The van der Waals surface area contributed by atoms with Gasteiger partial charge in [-0.05, 0) is 49.1 Å². The Labute approximate surface area is 365 Å². The van der Waals surface area contributed by atoms with E-state index in [4.69, 9.17) is 9.47 Å². The van der Waals surface area contributed by atoms with Gasteiger partial charge in [-0.3, -0.25) is 24.0 Å². The highest BCUT2D eigenvalue weighted by atomic mass is 16.5. The number of rotatable bonds is 25. The zero-order valence-electron chi connectivity index (χ0n) is 39.4. The van der Waals surface area contributed by atoms with E-state index in [1.54, 1.807) is 50.0 Å². The molecule has 1 fully saturated rings. The number of carboxylic acid groups (broad SMARTS) is 1. The third-order valence-corrected chi connectivity index (χ3v) is 12.8. The average molecular weight is 859 g/mol. The highest BCUT2D eigenvalue weighted by Gasteiger charge is 2.44. The Hall–Kier alpha value is -4.08. The fourth-order valence-corrected chi connectivity index (χ4v) is 8.80. The lowest BCUT2D eigenvalue weighted by atomic mass is 9.89. The Morgan fingerprint density at radius 1 is 0.803 bits per heavy atom. The van der Waals surface area contributed by atoms with Gasteiger partial charge in [0.15, 0.2) is 0 Å². The second kappa shape index (κ2) is 25.1. The van der Waals surface area contributed by atoms with Crippen molar-refractivity contribution in [2.24, 2.45) is 29.6 Å². The summed E-state index contributed by atoms with van der Waals surface area (Å²) in [5.41, 5.74) is 0.773. The molecule has 1 saturated heterocycles. The van der Waals surface area contributed by atoms with E-state index in [9.17, 15) is 33.9 Å². The second-order valence-corrected chi connectivity index (χ2v) is 17.7. The molecule has 0 aliphatic carbocycles. The molecule has 346 valence electrons. The van der Waals surface area contributed by atoms with Crippen molar-refractivity contribution < 1.29 is 43.3 Å². The molecule has 1 aromatic carbocycles. The molecule has 0 radical (unpaired) electrons. The van der Waals surface area contributed by atoms with E-state index >= 15 is 0 Å². The lowest BCUT2D eigenvalue weighted by Gasteiger charge is -2.41. The van der Waals surface area contributed by atoms with E-state index in [2.05, 4.69) is 16.0 Å². The Morgan fingerprint density at radius 3 is 1.89 bits per heavy atom. The van der Waals surface area contributed by atoms with E-state index in [1.807, 2.05) is 73.6 Å². The SMILES string of the molecule is CC[C@H](C)[C@@H]([C@@H](CC(=O)N1CCC[C@H]1[C@H](OC)[C@@H](C)C(=O)N[C@@H](Cc1ccccc1)C(=O)O)OC)N(C)C(=O)[C@@H](NC(=O)[C@H](C(C)C)N(C)C(=O)[C@@H](NC)[C@@H](C)CC)C(C)C. The first-order valence-electron chi connectivity index (χ1n) is 22.1. The number of aliphatic carboxylic acids is 1. The zero-order chi connectivity index (χ0) is 46.3. The molecule has 0 aromatic heterocycles. The minimum atomic E-state index is -1.15. The minimum Gasteiger partial charge on any atom is -0.480 e. The summed E-state index contributed by atoms with van der Waals surface area (Å²) >= 11 is 0. The quantitative estimate of drug-likeness (QED) is 0.112. The van der Waals surface area contributed by atoms with Gasteiger partial charge in [0, 0.05) is 41.3 Å². The number of hydrogen-bond acceptors (Lipinski definition) is 9. The highest BCUT2D eigenvalue weighted by Crippen LogP contribution is 2.30. The third-order valence-electron chi connectivity index (χ3n) is 12.8. The molecule has 1 heterocycles. The standard InChI is InChI=1S/C46H78N6O9/c1-15-29(7)38(47-10)45(57)50(11)39(28(5)6)43(55)49-37(27(3)4)44(56)51(12)40(30(8)16-2)35(60-13)26-36(53)52-24-20-23-34(52)41(61-14)31(9)42(54)48-33(46(58)59)25-32-21-18-17-19-22-32/h17-19,21-22,27-31,33-35,37-41,47H,15-16,20,23-26H2,1-14H3,(H,48,54)(H,49,55)(H,58,59)/t29-,30-,31+,33-,34-,35+,37-,38-,39-,40-,41+/m0/s1. The van der Waals surface area contributed by atoms with Crippen LogP contribution in [0.4, 0.5) is 0 Å². The van der Waals surface area contributed by atoms with Crippen molar-refractivity contribution in [3.63, 3.8) is 0 Å². The number of hydrogen-bond donors (Lipinski definition) is 4. The normalized spacial score (nSPS) is 19.1. The summed E-state index contributed by atoms with van der Waals surface area (Å²) in [6.45, 7) is 17.6. The number of amides is 5. The number of methoxy groups -OCH3 is 2. The van der Waals surface area contributed by atoms with Crippen LogP contribution in [0.25, 0.3) is 0 Å². The van der Waals surface area contributed by atoms with Crippen molar-refractivity contribution in [3.05, 3.63) is 35.9 Å². The number of ether oxygens (including phenoxy) is 2. The molecule has 2 rings (SSSR count). The molecular formula is C46H78N6O9. The number of likely N-dealkylation sites (tertiary alicyclic amines) is 1. The first-order chi connectivity index (χ1) is 28.7. The summed E-state index contributed by atoms with van der Waals surface area (Å²) in [5, 5.41) is 18.7. The van der Waals surface area contributed by atoms with E-state index < -0.39 is 72.2 Å². The van der Waals surface area contributed by atoms with Gasteiger partial charge in [-0.1, -0.05) is 105 Å². The molecule has 1 aliphatic rings. The van der Waals surface area contributed by atoms with Crippen LogP contribution in [0.15, 0.2) is 30.3 Å². The summed E-state index contributed by atoms with van der Waals surface area (Å²) in [6.07, 6.45) is 1.34. The molecule has 1 aliphatic heterocycles. The van der Waals surface area contributed by atoms with Gasteiger partial charge >= 0.3 is 5.97 Å². The summed E-state index contributed by atoms with van der Waals surface area (Å²) in [4.78, 5) is 87.1. The Bertz CT molecular complexity index is 1580. The van der Waals surface area contributed by atoms with Crippen LogP contribution in [0.2, 0.25) is 0 Å². The number of carbonyl (C=O) groups is 6. The lowest BCUT2D eigenvalue weighted by molar-refractivity contribution is -0.149. The fourth-order valence-electron chi connectivity index (χ4n) is 8.80. The summed E-state index contributed by atoms with van der Waals surface area (Å²) in [6, 6.07) is 4.69. The van der Waals surface area contributed by atoms with Gasteiger partial charge in [-0.15, -0.1) is 0 Å². The Balaban J connectivity index is 2.32. The topological polar surface area (TPSA) is 187 Å². The molecule has 15 heteroatoms. The van der Waals surface area contributed by atoms with E-state index in [-0.39, 0.29) is 54.2 Å². The van der Waals surface area contributed by atoms with Crippen molar-refractivity contribution in [3.8, 4) is 0 Å². The van der Waals surface area contributed by atoms with Gasteiger partial charge in [0.25, 0.3) is 0 Å². The van der Waals surface area contributed by atoms with E-state index in [0.29, 0.717) is 25.8 Å². The fraction of sp³-hybridized carbons (Fsp3) is 0.739. The van der Waals surface area contributed by atoms with Gasteiger partial charge < -0.3 is 45.2 Å². The first-order valence-corrected chi connectivity index (χ1v) is 22.1. The molecule has 1 aromatic rings. The average Bonchev–Trinajstić information content (AvgIpc) is 3.71.